The van der Waals surface area contributed by atoms with Gasteiger partial charge in [-0.25, -0.2) is 0 Å². The Morgan fingerprint density at radius 2 is 1.84 bits per heavy atom. The average molecular weight is 354 g/mol. The van der Waals surface area contributed by atoms with Crippen LogP contribution in [0.3, 0.4) is 0 Å². The van der Waals surface area contributed by atoms with Crippen molar-refractivity contribution in [3.8, 4) is 5.75 Å². The number of hydrogen-bond donors (Lipinski definition) is 2. The highest BCUT2D eigenvalue weighted by atomic mass is 19.4. The molecule has 1 aromatic heterocycles. The first-order valence-corrected chi connectivity index (χ1v) is 7.94. The highest BCUT2D eigenvalue weighted by Gasteiger charge is 2.33. The summed E-state index contributed by atoms with van der Waals surface area (Å²) < 4.78 is 46.0. The molecule has 1 aromatic carbocycles. The van der Waals surface area contributed by atoms with Crippen LogP contribution in [-0.2, 0) is 25.6 Å². The average Bonchev–Trinajstić information content (AvgIpc) is 2.59. The van der Waals surface area contributed by atoms with Gasteiger partial charge in [0, 0.05) is 19.3 Å². The Balaban J connectivity index is 2.23. The van der Waals surface area contributed by atoms with Gasteiger partial charge in [0.15, 0.2) is 0 Å². The number of benzene rings is 1. The molecule has 1 heterocycles. The van der Waals surface area contributed by atoms with Crippen molar-refractivity contribution in [2.45, 2.75) is 32.0 Å². The van der Waals surface area contributed by atoms with E-state index in [-0.39, 0.29) is 30.5 Å². The van der Waals surface area contributed by atoms with Crippen LogP contribution in [0.1, 0.15) is 23.1 Å². The normalized spacial score (nSPS) is 11.6. The number of nitrogens with one attached hydrogen (secondary N) is 1. The predicted octanol–water partition coefficient (Wildman–Crippen LogP) is 3.16. The molecule has 2 rings (SSSR count). The minimum absolute atomic E-state index is 0.104. The van der Waals surface area contributed by atoms with Gasteiger partial charge in [0.1, 0.15) is 11.2 Å². The molecule has 0 radical (unpaired) electrons. The van der Waals surface area contributed by atoms with E-state index in [9.17, 15) is 13.2 Å². The van der Waals surface area contributed by atoms with Crippen molar-refractivity contribution >= 4 is 0 Å². The van der Waals surface area contributed by atoms with Crippen molar-refractivity contribution in [2.75, 3.05) is 13.7 Å². The summed E-state index contributed by atoms with van der Waals surface area (Å²) in [7, 11) is 1.58. The SMILES string of the molecule is COc1ccc(CCn2cc(CCCO)c(C(F)(F)F)cc2=N)cc1. The van der Waals surface area contributed by atoms with Crippen LogP contribution in [0.4, 0.5) is 13.2 Å². The van der Waals surface area contributed by atoms with Crippen molar-refractivity contribution in [2.24, 2.45) is 0 Å². The summed E-state index contributed by atoms with van der Waals surface area (Å²) in [5.74, 6) is 0.735. The zero-order valence-corrected chi connectivity index (χ0v) is 13.9. The minimum atomic E-state index is -4.50. The number of pyridine rings is 1. The second kappa shape index (κ2) is 8.20. The Morgan fingerprint density at radius 1 is 1.16 bits per heavy atom. The molecule has 0 aliphatic carbocycles. The molecular formula is C18H21F3N2O2. The Bertz CT molecular complexity index is 752. The van der Waals surface area contributed by atoms with Gasteiger partial charge in [0.2, 0.25) is 0 Å². The molecular weight excluding hydrogens is 333 g/mol. The minimum Gasteiger partial charge on any atom is -0.497 e. The van der Waals surface area contributed by atoms with Crippen LogP contribution in [0.5, 0.6) is 5.75 Å². The number of nitrogens with zero attached hydrogens (tertiary/aromatic N) is 1. The number of methoxy groups -OCH3 is 1. The standard InChI is InChI=1S/C18H21F3N2O2/c1-25-15-6-4-13(5-7-15)8-9-23-12-14(3-2-10-24)16(11-17(23)22)18(19,20)21/h4-7,11-12,22,24H,2-3,8-10H2,1H3. The van der Waals surface area contributed by atoms with E-state index in [4.69, 9.17) is 15.3 Å². The lowest BCUT2D eigenvalue weighted by Gasteiger charge is -2.16. The van der Waals surface area contributed by atoms with Crippen molar-refractivity contribution in [3.63, 3.8) is 0 Å². The Hall–Kier alpha value is -2.28. The predicted molar refractivity (Wildman–Crippen MR) is 87.4 cm³/mol. The maximum Gasteiger partial charge on any atom is 0.416 e. The Labute approximate surface area is 144 Å². The topological polar surface area (TPSA) is 58.2 Å². The van der Waals surface area contributed by atoms with Crippen LogP contribution in [0.25, 0.3) is 0 Å². The van der Waals surface area contributed by atoms with Gasteiger partial charge in [0.25, 0.3) is 0 Å². The first-order chi connectivity index (χ1) is 11.8. The van der Waals surface area contributed by atoms with Crippen molar-refractivity contribution in [1.82, 2.24) is 4.57 Å². The fraction of sp³-hybridized carbons (Fsp3) is 0.389. The van der Waals surface area contributed by atoms with Crippen molar-refractivity contribution in [3.05, 3.63) is 58.7 Å². The number of ether oxygens (including phenoxy) is 1. The molecule has 25 heavy (non-hydrogen) atoms. The van der Waals surface area contributed by atoms with E-state index in [0.29, 0.717) is 13.0 Å². The van der Waals surface area contributed by atoms with Gasteiger partial charge in [-0.3, -0.25) is 5.41 Å². The molecule has 0 aliphatic heterocycles. The fourth-order valence-corrected chi connectivity index (χ4v) is 2.60. The summed E-state index contributed by atoms with van der Waals surface area (Å²) in [6.45, 7) is 0.223. The molecule has 0 bridgehead atoms. The molecule has 0 saturated carbocycles. The first-order valence-electron chi connectivity index (χ1n) is 7.94. The van der Waals surface area contributed by atoms with Gasteiger partial charge >= 0.3 is 6.18 Å². The third kappa shape index (κ3) is 5.09. The number of aryl methyl sites for hydroxylation is 3. The zero-order chi connectivity index (χ0) is 18.4. The maximum atomic E-state index is 13.1. The van der Waals surface area contributed by atoms with Crippen molar-refractivity contribution in [1.29, 1.82) is 5.41 Å². The number of aromatic nitrogens is 1. The summed E-state index contributed by atoms with van der Waals surface area (Å²) >= 11 is 0. The van der Waals surface area contributed by atoms with Crippen LogP contribution >= 0.6 is 0 Å². The molecule has 0 aliphatic rings. The van der Waals surface area contributed by atoms with Gasteiger partial charge in [-0.05, 0) is 48.6 Å². The number of aliphatic hydroxyl groups excluding tert-OH is 1. The van der Waals surface area contributed by atoms with Gasteiger partial charge in [-0.2, -0.15) is 13.2 Å². The molecule has 0 unspecified atom stereocenters. The quantitative estimate of drug-likeness (QED) is 0.802. The second-order valence-electron chi connectivity index (χ2n) is 5.71. The zero-order valence-electron chi connectivity index (χ0n) is 13.9. The molecule has 2 N–H and O–H groups in total. The third-order valence-corrected chi connectivity index (χ3v) is 3.96. The monoisotopic (exact) mass is 354 g/mol. The number of alkyl halides is 3. The van der Waals surface area contributed by atoms with E-state index in [1.165, 1.54) is 10.8 Å². The van der Waals surface area contributed by atoms with Crippen LogP contribution < -0.4 is 10.2 Å². The molecule has 0 fully saturated rings. The van der Waals surface area contributed by atoms with E-state index in [2.05, 4.69) is 0 Å². The number of rotatable bonds is 7. The highest BCUT2D eigenvalue weighted by molar-refractivity contribution is 5.28. The van der Waals surface area contributed by atoms with Gasteiger partial charge < -0.3 is 14.4 Å². The van der Waals surface area contributed by atoms with Gasteiger partial charge in [0.05, 0.1) is 12.7 Å². The number of halogens is 3. The molecule has 4 nitrogen and oxygen atoms in total. The van der Waals surface area contributed by atoms with Crippen LogP contribution in [0, 0.1) is 5.41 Å². The molecule has 7 heteroatoms. The number of aliphatic hydroxyl groups is 1. The fourth-order valence-electron chi connectivity index (χ4n) is 2.60. The maximum absolute atomic E-state index is 13.1. The molecule has 0 saturated heterocycles. The van der Waals surface area contributed by atoms with Crippen LogP contribution in [-0.4, -0.2) is 23.4 Å². The van der Waals surface area contributed by atoms with Crippen LogP contribution in [0.2, 0.25) is 0 Å². The summed E-state index contributed by atoms with van der Waals surface area (Å²) in [4.78, 5) is 0. The number of hydrogen-bond acceptors (Lipinski definition) is 3. The lowest BCUT2D eigenvalue weighted by molar-refractivity contribution is -0.138. The molecule has 0 amide bonds. The third-order valence-electron chi connectivity index (χ3n) is 3.96. The van der Waals surface area contributed by atoms with E-state index in [1.54, 1.807) is 7.11 Å². The van der Waals surface area contributed by atoms with Crippen LogP contribution in [0.15, 0.2) is 36.5 Å². The molecule has 136 valence electrons. The van der Waals surface area contributed by atoms with Gasteiger partial charge in [-0.15, -0.1) is 0 Å². The Morgan fingerprint density at radius 3 is 2.40 bits per heavy atom. The molecule has 0 atom stereocenters. The highest BCUT2D eigenvalue weighted by Crippen LogP contribution is 2.31. The smallest absolute Gasteiger partial charge is 0.416 e. The van der Waals surface area contributed by atoms with E-state index in [1.807, 2.05) is 24.3 Å². The summed E-state index contributed by atoms with van der Waals surface area (Å²) in [6.07, 6.45) is -2.17. The first kappa shape index (κ1) is 19.1. The lowest BCUT2D eigenvalue weighted by atomic mass is 10.0. The summed E-state index contributed by atoms with van der Waals surface area (Å²) in [5, 5.41) is 16.8. The summed E-state index contributed by atoms with van der Waals surface area (Å²) in [6, 6.07) is 8.28. The second-order valence-corrected chi connectivity index (χ2v) is 5.71. The van der Waals surface area contributed by atoms with E-state index in [0.717, 1.165) is 17.4 Å². The molecule has 2 aromatic rings. The van der Waals surface area contributed by atoms with E-state index >= 15 is 0 Å². The molecule has 0 spiro atoms. The largest absolute Gasteiger partial charge is 0.497 e. The lowest BCUT2D eigenvalue weighted by Crippen LogP contribution is -2.25. The Kier molecular flexibility index (Phi) is 6.25. The van der Waals surface area contributed by atoms with E-state index < -0.39 is 11.7 Å². The van der Waals surface area contributed by atoms with Gasteiger partial charge in [-0.1, -0.05) is 12.1 Å². The summed E-state index contributed by atoms with van der Waals surface area (Å²) in [5.41, 5.74) is 0.122. The van der Waals surface area contributed by atoms with Crippen molar-refractivity contribution < 1.29 is 23.0 Å².